The first-order valence-corrected chi connectivity index (χ1v) is 7.82. The van der Waals surface area contributed by atoms with Crippen molar-refractivity contribution in [3.05, 3.63) is 48.3 Å². The van der Waals surface area contributed by atoms with Gasteiger partial charge in [-0.1, -0.05) is 24.3 Å². The molecule has 114 valence electrons. The summed E-state index contributed by atoms with van der Waals surface area (Å²) in [6.07, 6.45) is 7.00. The lowest BCUT2D eigenvalue weighted by Gasteiger charge is -2.33. The van der Waals surface area contributed by atoms with Gasteiger partial charge in [-0.05, 0) is 49.7 Å². The Morgan fingerprint density at radius 1 is 1.43 bits per heavy atom. The van der Waals surface area contributed by atoms with E-state index in [1.165, 1.54) is 6.07 Å². The molecule has 0 saturated carbocycles. The van der Waals surface area contributed by atoms with Crippen LogP contribution >= 0.6 is 0 Å². The minimum Gasteiger partial charge on any atom is -0.342 e. The monoisotopic (exact) mass is 289 g/mol. The van der Waals surface area contributed by atoms with Gasteiger partial charge in [0.05, 0.1) is 0 Å². The Labute approximate surface area is 126 Å². The second-order valence-corrected chi connectivity index (χ2v) is 5.81. The van der Waals surface area contributed by atoms with Crippen LogP contribution in [0.15, 0.2) is 36.9 Å². The van der Waals surface area contributed by atoms with Crippen LogP contribution in [0.2, 0.25) is 0 Å². The van der Waals surface area contributed by atoms with Gasteiger partial charge in [-0.25, -0.2) is 4.39 Å². The number of rotatable bonds is 6. The summed E-state index contributed by atoms with van der Waals surface area (Å²) in [4.78, 5) is 14.0. The first kappa shape index (κ1) is 15.7. The van der Waals surface area contributed by atoms with Crippen molar-refractivity contribution in [3.63, 3.8) is 0 Å². The summed E-state index contributed by atoms with van der Waals surface area (Å²) >= 11 is 0. The fraction of sp³-hybridized carbons (Fsp3) is 0.500. The van der Waals surface area contributed by atoms with Gasteiger partial charge < -0.3 is 4.90 Å². The molecular formula is C18H24FNO. The first-order chi connectivity index (χ1) is 10.2. The molecule has 1 atom stereocenters. The minimum atomic E-state index is -0.118. The highest BCUT2D eigenvalue weighted by Gasteiger charge is 2.23. The maximum atomic E-state index is 13.6. The zero-order valence-electron chi connectivity index (χ0n) is 12.6. The molecule has 2 nitrogen and oxygen atoms in total. The second-order valence-electron chi connectivity index (χ2n) is 5.81. The van der Waals surface area contributed by atoms with E-state index in [0.717, 1.165) is 50.8 Å². The summed E-state index contributed by atoms with van der Waals surface area (Å²) in [5.74, 6) is 0.601. The number of piperidine rings is 1. The predicted octanol–water partition coefficient (Wildman–Crippen LogP) is 3.96. The molecule has 1 aromatic carbocycles. The maximum absolute atomic E-state index is 13.6. The lowest BCUT2D eigenvalue weighted by atomic mass is 9.91. The van der Waals surface area contributed by atoms with Crippen LogP contribution in [0.5, 0.6) is 0 Å². The Morgan fingerprint density at radius 2 is 2.24 bits per heavy atom. The Bertz CT molecular complexity index is 486. The molecule has 0 bridgehead atoms. The molecule has 1 fully saturated rings. The van der Waals surface area contributed by atoms with Crippen LogP contribution in [0.3, 0.4) is 0 Å². The zero-order chi connectivity index (χ0) is 15.1. The van der Waals surface area contributed by atoms with Gasteiger partial charge in [-0.2, -0.15) is 0 Å². The van der Waals surface area contributed by atoms with E-state index in [4.69, 9.17) is 0 Å². The molecular weight excluding hydrogens is 265 g/mol. The molecule has 0 radical (unpaired) electrons. The smallest absolute Gasteiger partial charge is 0.222 e. The topological polar surface area (TPSA) is 20.3 Å². The van der Waals surface area contributed by atoms with Gasteiger partial charge in [0.1, 0.15) is 5.82 Å². The van der Waals surface area contributed by atoms with E-state index in [9.17, 15) is 9.18 Å². The number of hydrogen-bond acceptors (Lipinski definition) is 1. The van der Waals surface area contributed by atoms with E-state index < -0.39 is 0 Å². The normalized spacial score (nSPS) is 18.5. The van der Waals surface area contributed by atoms with Crippen molar-refractivity contribution in [1.82, 2.24) is 4.90 Å². The summed E-state index contributed by atoms with van der Waals surface area (Å²) in [5.41, 5.74) is 0.785. The third-order valence-electron chi connectivity index (χ3n) is 4.21. The van der Waals surface area contributed by atoms with E-state index >= 15 is 0 Å². The Balaban J connectivity index is 1.82. The second kappa shape index (κ2) is 7.96. The average Bonchev–Trinajstić information content (AvgIpc) is 2.52. The van der Waals surface area contributed by atoms with E-state index in [1.807, 2.05) is 17.0 Å². The molecule has 1 amide bonds. The average molecular weight is 289 g/mol. The number of benzene rings is 1. The third kappa shape index (κ3) is 4.69. The summed E-state index contributed by atoms with van der Waals surface area (Å²) in [6, 6.07) is 6.97. The van der Waals surface area contributed by atoms with Crippen LogP contribution in [0.1, 0.15) is 37.7 Å². The molecule has 1 aromatic rings. The Morgan fingerprint density at radius 3 is 3.00 bits per heavy atom. The van der Waals surface area contributed by atoms with E-state index in [2.05, 4.69) is 6.58 Å². The molecule has 0 aliphatic carbocycles. The van der Waals surface area contributed by atoms with Gasteiger partial charge in [0.25, 0.3) is 0 Å². The van der Waals surface area contributed by atoms with E-state index in [0.29, 0.717) is 12.3 Å². The fourth-order valence-electron chi connectivity index (χ4n) is 2.97. The number of likely N-dealkylation sites (tertiary alicyclic amines) is 1. The number of allylic oxidation sites excluding steroid dienone is 1. The Hall–Kier alpha value is -1.64. The molecule has 1 aliphatic rings. The van der Waals surface area contributed by atoms with Gasteiger partial charge >= 0.3 is 0 Å². The van der Waals surface area contributed by atoms with Crippen LogP contribution in [0.4, 0.5) is 4.39 Å². The van der Waals surface area contributed by atoms with Crippen LogP contribution < -0.4 is 0 Å². The molecule has 3 heteroatoms. The van der Waals surface area contributed by atoms with Crippen molar-refractivity contribution in [2.75, 3.05) is 13.1 Å². The van der Waals surface area contributed by atoms with Crippen LogP contribution in [-0.2, 0) is 11.2 Å². The molecule has 1 aliphatic heterocycles. The van der Waals surface area contributed by atoms with E-state index in [1.54, 1.807) is 12.1 Å². The number of aryl methyl sites for hydroxylation is 1. The van der Waals surface area contributed by atoms with Crippen LogP contribution in [-0.4, -0.2) is 23.9 Å². The number of carbonyl (C=O) groups is 1. The van der Waals surface area contributed by atoms with E-state index in [-0.39, 0.29) is 11.7 Å². The zero-order valence-corrected chi connectivity index (χ0v) is 12.6. The van der Waals surface area contributed by atoms with Crippen molar-refractivity contribution >= 4 is 5.91 Å². The molecule has 1 saturated heterocycles. The van der Waals surface area contributed by atoms with Crippen LogP contribution in [0.25, 0.3) is 0 Å². The molecule has 1 heterocycles. The predicted molar refractivity (Wildman–Crippen MR) is 83.5 cm³/mol. The number of carbonyl (C=O) groups excluding carboxylic acids is 1. The SMILES string of the molecule is C=CCCC(=O)N1CCCC(CCc2ccccc2F)C1. The fourth-order valence-corrected chi connectivity index (χ4v) is 2.97. The number of nitrogens with zero attached hydrogens (tertiary/aromatic N) is 1. The van der Waals surface area contributed by atoms with Crippen molar-refractivity contribution in [1.29, 1.82) is 0 Å². The highest BCUT2D eigenvalue weighted by molar-refractivity contribution is 5.76. The number of hydrogen-bond donors (Lipinski definition) is 0. The van der Waals surface area contributed by atoms with Gasteiger partial charge in [0, 0.05) is 19.5 Å². The lowest BCUT2D eigenvalue weighted by molar-refractivity contribution is -0.132. The van der Waals surface area contributed by atoms with Crippen LogP contribution in [0, 0.1) is 11.7 Å². The van der Waals surface area contributed by atoms with Gasteiger partial charge in [0.15, 0.2) is 0 Å². The first-order valence-electron chi connectivity index (χ1n) is 7.82. The largest absolute Gasteiger partial charge is 0.342 e. The number of amides is 1. The standard InChI is InChI=1S/C18H24FNO/c1-2-3-10-18(21)20-13-6-7-15(14-20)11-12-16-8-4-5-9-17(16)19/h2,4-5,8-9,15H,1,3,6-7,10-14H2. The van der Waals surface area contributed by atoms with Crippen molar-refractivity contribution < 1.29 is 9.18 Å². The van der Waals surface area contributed by atoms with Gasteiger partial charge in [-0.15, -0.1) is 6.58 Å². The Kier molecular flexibility index (Phi) is 5.97. The lowest BCUT2D eigenvalue weighted by Crippen LogP contribution is -2.39. The quantitative estimate of drug-likeness (QED) is 0.726. The summed E-state index contributed by atoms with van der Waals surface area (Å²) < 4.78 is 13.6. The highest BCUT2D eigenvalue weighted by Crippen LogP contribution is 2.23. The highest BCUT2D eigenvalue weighted by atomic mass is 19.1. The molecule has 0 spiro atoms. The van der Waals surface area contributed by atoms with Gasteiger partial charge in [0.2, 0.25) is 5.91 Å². The van der Waals surface area contributed by atoms with Gasteiger partial charge in [-0.3, -0.25) is 4.79 Å². The van der Waals surface area contributed by atoms with Crippen molar-refractivity contribution in [2.24, 2.45) is 5.92 Å². The molecule has 2 rings (SSSR count). The minimum absolute atomic E-state index is 0.118. The molecule has 21 heavy (non-hydrogen) atoms. The third-order valence-corrected chi connectivity index (χ3v) is 4.21. The summed E-state index contributed by atoms with van der Waals surface area (Å²) in [7, 11) is 0. The maximum Gasteiger partial charge on any atom is 0.222 e. The summed E-state index contributed by atoms with van der Waals surface area (Å²) in [5, 5.41) is 0. The summed E-state index contributed by atoms with van der Waals surface area (Å²) in [6.45, 7) is 5.35. The molecule has 0 aromatic heterocycles. The molecule has 0 N–H and O–H groups in total. The van der Waals surface area contributed by atoms with Crippen molar-refractivity contribution in [2.45, 2.75) is 38.5 Å². The molecule has 1 unspecified atom stereocenters. The number of halogens is 1. The van der Waals surface area contributed by atoms with Crippen molar-refractivity contribution in [3.8, 4) is 0 Å².